The van der Waals surface area contributed by atoms with Crippen LogP contribution < -0.4 is 10.2 Å². The number of nitrogens with one attached hydrogen (secondary N) is 1. The van der Waals surface area contributed by atoms with Crippen molar-refractivity contribution in [3.05, 3.63) is 57.2 Å². The summed E-state index contributed by atoms with van der Waals surface area (Å²) in [4.78, 5) is 13.2. The Morgan fingerprint density at radius 3 is 2.59 bits per heavy atom. The summed E-state index contributed by atoms with van der Waals surface area (Å²) in [6.45, 7) is 0. The van der Waals surface area contributed by atoms with Gasteiger partial charge in [-0.2, -0.15) is 5.10 Å². The van der Waals surface area contributed by atoms with Crippen LogP contribution in [0, 0.1) is 3.57 Å². The van der Waals surface area contributed by atoms with Gasteiger partial charge in [-0.25, -0.2) is 5.43 Å². The van der Waals surface area contributed by atoms with Crippen molar-refractivity contribution >= 4 is 46.5 Å². The van der Waals surface area contributed by atoms with Crippen LogP contribution in [-0.4, -0.2) is 25.5 Å². The van der Waals surface area contributed by atoms with E-state index in [9.17, 15) is 4.79 Å². The van der Waals surface area contributed by atoms with Crippen molar-refractivity contribution in [3.63, 3.8) is 0 Å². The Labute approximate surface area is 147 Å². The minimum Gasteiger partial charge on any atom is -0.496 e. The maximum absolute atomic E-state index is 12.0. The van der Waals surface area contributed by atoms with Crippen molar-refractivity contribution in [2.75, 3.05) is 13.4 Å². The molecule has 0 aliphatic rings. The molecular formula is C16H15IN2O2S. The fourth-order valence-electron chi connectivity index (χ4n) is 1.73. The molecular weight excluding hydrogens is 411 g/mol. The highest BCUT2D eigenvalue weighted by Gasteiger charge is 2.07. The minimum atomic E-state index is -0.252. The Kier molecular flexibility index (Phi) is 6.26. The number of rotatable bonds is 5. The molecule has 0 spiro atoms. The molecule has 0 saturated carbocycles. The number of carbonyl (C=O) groups is 1. The second kappa shape index (κ2) is 8.19. The van der Waals surface area contributed by atoms with Gasteiger partial charge in [-0.3, -0.25) is 4.79 Å². The standard InChI is InChI=1S/C16H15IN2O2S/c1-21-15-8-5-12(9-14(15)17)16(20)19-18-10-11-3-6-13(22-2)7-4-11/h3-10H,1-2H3,(H,19,20)/b18-10-. The van der Waals surface area contributed by atoms with E-state index in [1.807, 2.05) is 30.5 Å². The van der Waals surface area contributed by atoms with Crippen molar-refractivity contribution in [2.45, 2.75) is 4.90 Å². The first-order valence-electron chi connectivity index (χ1n) is 6.45. The summed E-state index contributed by atoms with van der Waals surface area (Å²) in [5, 5.41) is 3.98. The van der Waals surface area contributed by atoms with Crippen LogP contribution in [0.5, 0.6) is 5.75 Å². The summed E-state index contributed by atoms with van der Waals surface area (Å²) in [5.41, 5.74) is 4.00. The minimum absolute atomic E-state index is 0.252. The third-order valence-corrected chi connectivity index (χ3v) is 4.50. The van der Waals surface area contributed by atoms with Crippen LogP contribution in [0.3, 0.4) is 0 Å². The Morgan fingerprint density at radius 2 is 2.00 bits per heavy atom. The van der Waals surface area contributed by atoms with Crippen LogP contribution >= 0.6 is 34.4 Å². The quantitative estimate of drug-likeness (QED) is 0.343. The van der Waals surface area contributed by atoms with Crippen molar-refractivity contribution in [1.29, 1.82) is 0 Å². The third-order valence-electron chi connectivity index (χ3n) is 2.91. The first-order chi connectivity index (χ1) is 10.6. The fraction of sp³-hybridized carbons (Fsp3) is 0.125. The molecule has 0 unspecified atom stereocenters. The van der Waals surface area contributed by atoms with Gasteiger partial charge in [0.1, 0.15) is 5.75 Å². The summed E-state index contributed by atoms with van der Waals surface area (Å²) in [6.07, 6.45) is 3.65. The molecule has 2 rings (SSSR count). The second-order valence-electron chi connectivity index (χ2n) is 4.32. The van der Waals surface area contributed by atoms with E-state index in [1.165, 1.54) is 4.90 Å². The number of amides is 1. The van der Waals surface area contributed by atoms with Gasteiger partial charge in [0.25, 0.3) is 5.91 Å². The van der Waals surface area contributed by atoms with Crippen molar-refractivity contribution in [3.8, 4) is 5.75 Å². The fourth-order valence-corrected chi connectivity index (χ4v) is 2.87. The molecule has 0 heterocycles. The third kappa shape index (κ3) is 4.48. The Balaban J connectivity index is 1.99. The number of carbonyl (C=O) groups excluding carboxylic acids is 1. The average molecular weight is 426 g/mol. The monoisotopic (exact) mass is 426 g/mol. The van der Waals surface area contributed by atoms with Gasteiger partial charge >= 0.3 is 0 Å². The first-order valence-corrected chi connectivity index (χ1v) is 8.75. The molecule has 0 saturated heterocycles. The van der Waals surface area contributed by atoms with E-state index in [0.717, 1.165) is 14.9 Å². The molecule has 1 N–H and O–H groups in total. The zero-order valence-corrected chi connectivity index (χ0v) is 15.1. The predicted molar refractivity (Wildman–Crippen MR) is 99.0 cm³/mol. The highest BCUT2D eigenvalue weighted by Crippen LogP contribution is 2.21. The number of hydrogen-bond donors (Lipinski definition) is 1. The number of halogens is 1. The lowest BCUT2D eigenvalue weighted by Gasteiger charge is -2.05. The maximum Gasteiger partial charge on any atom is 0.271 e. The molecule has 0 aliphatic heterocycles. The summed E-state index contributed by atoms with van der Waals surface area (Å²) >= 11 is 3.81. The van der Waals surface area contributed by atoms with Crippen LogP contribution in [0.2, 0.25) is 0 Å². The van der Waals surface area contributed by atoms with Gasteiger partial charge in [0.2, 0.25) is 0 Å². The number of thioether (sulfide) groups is 1. The number of benzene rings is 2. The predicted octanol–water partition coefficient (Wildman–Crippen LogP) is 3.79. The molecule has 0 bridgehead atoms. The van der Waals surface area contributed by atoms with Crippen LogP contribution in [0.4, 0.5) is 0 Å². The molecule has 0 fully saturated rings. The van der Waals surface area contributed by atoms with Gasteiger partial charge in [0, 0.05) is 10.5 Å². The second-order valence-corrected chi connectivity index (χ2v) is 6.36. The van der Waals surface area contributed by atoms with Gasteiger partial charge < -0.3 is 4.74 Å². The smallest absolute Gasteiger partial charge is 0.271 e. The van der Waals surface area contributed by atoms with E-state index in [0.29, 0.717) is 5.56 Å². The van der Waals surface area contributed by atoms with E-state index in [2.05, 4.69) is 33.1 Å². The van der Waals surface area contributed by atoms with E-state index in [4.69, 9.17) is 4.74 Å². The van der Waals surface area contributed by atoms with Crippen LogP contribution in [-0.2, 0) is 0 Å². The van der Waals surface area contributed by atoms with Crippen LogP contribution in [0.1, 0.15) is 15.9 Å². The molecule has 22 heavy (non-hydrogen) atoms. The highest BCUT2D eigenvalue weighted by atomic mass is 127. The lowest BCUT2D eigenvalue weighted by molar-refractivity contribution is 0.0955. The summed E-state index contributed by atoms with van der Waals surface area (Å²) < 4.78 is 6.05. The molecule has 0 aliphatic carbocycles. The van der Waals surface area contributed by atoms with E-state index < -0.39 is 0 Å². The number of nitrogens with zero attached hydrogens (tertiary/aromatic N) is 1. The number of ether oxygens (including phenoxy) is 1. The molecule has 0 radical (unpaired) electrons. The lowest BCUT2D eigenvalue weighted by Crippen LogP contribution is -2.17. The van der Waals surface area contributed by atoms with Gasteiger partial charge in [-0.15, -0.1) is 11.8 Å². The Morgan fingerprint density at radius 1 is 1.27 bits per heavy atom. The van der Waals surface area contributed by atoms with E-state index in [-0.39, 0.29) is 5.91 Å². The van der Waals surface area contributed by atoms with Crippen molar-refractivity contribution < 1.29 is 9.53 Å². The van der Waals surface area contributed by atoms with Crippen LogP contribution in [0.15, 0.2) is 52.5 Å². The van der Waals surface area contributed by atoms with Gasteiger partial charge in [-0.05, 0) is 64.7 Å². The zero-order valence-electron chi connectivity index (χ0n) is 12.2. The molecule has 2 aromatic carbocycles. The van der Waals surface area contributed by atoms with Crippen LogP contribution in [0.25, 0.3) is 0 Å². The molecule has 6 heteroatoms. The molecule has 2 aromatic rings. The lowest BCUT2D eigenvalue weighted by atomic mass is 10.2. The molecule has 0 aromatic heterocycles. The topological polar surface area (TPSA) is 50.7 Å². The first kappa shape index (κ1) is 16.8. The van der Waals surface area contributed by atoms with E-state index in [1.54, 1.807) is 43.3 Å². The molecule has 1 amide bonds. The zero-order chi connectivity index (χ0) is 15.9. The SMILES string of the molecule is COc1ccc(C(=O)N/N=C\c2ccc(SC)cc2)cc1I. The molecule has 4 nitrogen and oxygen atoms in total. The Hall–Kier alpha value is -1.54. The van der Waals surface area contributed by atoms with Gasteiger partial charge in [-0.1, -0.05) is 12.1 Å². The average Bonchev–Trinajstić information content (AvgIpc) is 2.55. The van der Waals surface area contributed by atoms with Gasteiger partial charge in [0.15, 0.2) is 0 Å². The number of hydrogen-bond acceptors (Lipinski definition) is 4. The highest BCUT2D eigenvalue weighted by molar-refractivity contribution is 14.1. The summed E-state index contributed by atoms with van der Waals surface area (Å²) in [6, 6.07) is 13.2. The Bertz CT molecular complexity index is 687. The van der Waals surface area contributed by atoms with E-state index >= 15 is 0 Å². The largest absolute Gasteiger partial charge is 0.496 e. The maximum atomic E-state index is 12.0. The summed E-state index contributed by atoms with van der Waals surface area (Å²) in [5.74, 6) is 0.493. The molecule has 0 atom stereocenters. The van der Waals surface area contributed by atoms with Gasteiger partial charge in [0.05, 0.1) is 16.9 Å². The number of hydrazone groups is 1. The molecule has 114 valence electrons. The summed E-state index contributed by atoms with van der Waals surface area (Å²) in [7, 11) is 1.60. The number of methoxy groups -OCH3 is 1. The van der Waals surface area contributed by atoms with Crippen molar-refractivity contribution in [1.82, 2.24) is 5.43 Å². The van der Waals surface area contributed by atoms with Crippen molar-refractivity contribution in [2.24, 2.45) is 5.10 Å². The normalized spacial score (nSPS) is 10.7.